The molecule has 2 heterocycles. The number of pyridine rings is 1. The van der Waals surface area contributed by atoms with Gasteiger partial charge in [0.1, 0.15) is 11.5 Å². The molecule has 0 unspecified atom stereocenters. The van der Waals surface area contributed by atoms with Gasteiger partial charge in [-0.15, -0.1) is 0 Å². The first-order chi connectivity index (χ1) is 10.6. The van der Waals surface area contributed by atoms with Gasteiger partial charge in [-0.3, -0.25) is 4.79 Å². The van der Waals surface area contributed by atoms with Crippen molar-refractivity contribution in [1.82, 2.24) is 14.7 Å². The van der Waals surface area contributed by atoms with E-state index in [1.54, 1.807) is 24.4 Å². The second-order valence-electron chi connectivity index (χ2n) is 4.92. The van der Waals surface area contributed by atoms with Gasteiger partial charge in [-0.1, -0.05) is 23.7 Å². The largest absolute Gasteiger partial charge is 0.350 e. The molecule has 0 saturated carbocycles. The van der Waals surface area contributed by atoms with Crippen molar-refractivity contribution in [3.05, 3.63) is 70.9 Å². The van der Waals surface area contributed by atoms with Crippen molar-refractivity contribution in [2.45, 2.75) is 13.0 Å². The molecule has 0 bridgehead atoms. The zero-order valence-electron chi connectivity index (χ0n) is 11.6. The quantitative estimate of drug-likeness (QED) is 0.804. The van der Waals surface area contributed by atoms with Crippen LogP contribution in [-0.4, -0.2) is 15.3 Å². The van der Waals surface area contributed by atoms with E-state index in [1.165, 1.54) is 12.1 Å². The first kappa shape index (κ1) is 14.5. The molecule has 0 atom stereocenters. The van der Waals surface area contributed by atoms with Crippen LogP contribution in [0.25, 0.3) is 5.65 Å². The van der Waals surface area contributed by atoms with E-state index in [-0.39, 0.29) is 18.1 Å². The van der Waals surface area contributed by atoms with Crippen molar-refractivity contribution >= 4 is 23.2 Å². The van der Waals surface area contributed by atoms with Gasteiger partial charge in [0.25, 0.3) is 0 Å². The third-order valence-corrected chi connectivity index (χ3v) is 3.43. The summed E-state index contributed by atoms with van der Waals surface area (Å²) in [5.41, 5.74) is 2.28. The number of aromatic nitrogens is 2. The van der Waals surface area contributed by atoms with Crippen molar-refractivity contribution in [1.29, 1.82) is 0 Å². The van der Waals surface area contributed by atoms with E-state index in [9.17, 15) is 9.18 Å². The van der Waals surface area contributed by atoms with Crippen molar-refractivity contribution in [3.8, 4) is 0 Å². The molecule has 1 aromatic carbocycles. The van der Waals surface area contributed by atoms with E-state index < -0.39 is 0 Å². The Morgan fingerprint density at radius 3 is 2.73 bits per heavy atom. The number of fused-ring (bicyclic) bond motifs is 1. The predicted molar refractivity (Wildman–Crippen MR) is 82.2 cm³/mol. The highest BCUT2D eigenvalue weighted by Gasteiger charge is 2.06. The number of imidazole rings is 1. The molecule has 1 N–H and O–H groups in total. The van der Waals surface area contributed by atoms with Crippen LogP contribution in [0, 0.1) is 5.82 Å². The first-order valence-corrected chi connectivity index (χ1v) is 7.12. The number of benzene rings is 1. The van der Waals surface area contributed by atoms with Gasteiger partial charge in [0, 0.05) is 12.4 Å². The van der Waals surface area contributed by atoms with Gasteiger partial charge in [-0.25, -0.2) is 9.37 Å². The van der Waals surface area contributed by atoms with E-state index in [2.05, 4.69) is 10.3 Å². The summed E-state index contributed by atoms with van der Waals surface area (Å²) in [5, 5.41) is 3.42. The SMILES string of the molecule is O=C(Cc1ccc(F)cc1)NCc1cn2cc(Cl)ccc2n1. The first-order valence-electron chi connectivity index (χ1n) is 6.74. The molecule has 4 nitrogen and oxygen atoms in total. The summed E-state index contributed by atoms with van der Waals surface area (Å²) in [6, 6.07) is 9.46. The van der Waals surface area contributed by atoms with Crippen molar-refractivity contribution < 1.29 is 9.18 Å². The normalized spacial score (nSPS) is 10.8. The fraction of sp³-hybridized carbons (Fsp3) is 0.125. The average molecular weight is 318 g/mol. The fourth-order valence-electron chi connectivity index (χ4n) is 2.14. The molecule has 2 aromatic heterocycles. The molecule has 0 aliphatic carbocycles. The van der Waals surface area contributed by atoms with Gasteiger partial charge in [-0.2, -0.15) is 0 Å². The average Bonchev–Trinajstić information content (AvgIpc) is 2.89. The molecule has 0 aliphatic rings. The highest BCUT2D eigenvalue weighted by atomic mass is 35.5. The molecule has 0 spiro atoms. The smallest absolute Gasteiger partial charge is 0.224 e. The Morgan fingerprint density at radius 2 is 1.95 bits per heavy atom. The van der Waals surface area contributed by atoms with Crippen molar-refractivity contribution in [2.75, 3.05) is 0 Å². The van der Waals surface area contributed by atoms with Crippen LogP contribution in [-0.2, 0) is 17.8 Å². The minimum atomic E-state index is -0.312. The maximum atomic E-state index is 12.8. The lowest BCUT2D eigenvalue weighted by Gasteiger charge is -2.03. The number of amides is 1. The Balaban J connectivity index is 1.61. The molecule has 0 radical (unpaired) electrons. The van der Waals surface area contributed by atoms with E-state index in [1.807, 2.05) is 16.7 Å². The zero-order chi connectivity index (χ0) is 15.5. The van der Waals surface area contributed by atoms with Crippen LogP contribution < -0.4 is 5.32 Å². The molecule has 0 saturated heterocycles. The van der Waals surface area contributed by atoms with Gasteiger partial charge in [0.15, 0.2) is 0 Å². The number of carbonyl (C=O) groups is 1. The highest BCUT2D eigenvalue weighted by Crippen LogP contribution is 2.11. The summed E-state index contributed by atoms with van der Waals surface area (Å²) in [6.07, 6.45) is 3.78. The summed E-state index contributed by atoms with van der Waals surface area (Å²) >= 11 is 5.91. The van der Waals surface area contributed by atoms with Crippen LogP contribution >= 0.6 is 11.6 Å². The Kier molecular flexibility index (Phi) is 4.06. The number of hydrogen-bond donors (Lipinski definition) is 1. The van der Waals surface area contributed by atoms with Gasteiger partial charge < -0.3 is 9.72 Å². The van der Waals surface area contributed by atoms with E-state index >= 15 is 0 Å². The minimum absolute atomic E-state index is 0.137. The lowest BCUT2D eigenvalue weighted by atomic mass is 10.1. The number of hydrogen-bond acceptors (Lipinski definition) is 2. The van der Waals surface area contributed by atoms with E-state index in [0.717, 1.165) is 16.9 Å². The lowest BCUT2D eigenvalue weighted by molar-refractivity contribution is -0.120. The second-order valence-corrected chi connectivity index (χ2v) is 5.36. The Morgan fingerprint density at radius 1 is 1.18 bits per heavy atom. The van der Waals surface area contributed by atoms with Crippen LogP contribution in [0.2, 0.25) is 5.02 Å². The molecule has 22 heavy (non-hydrogen) atoms. The molecule has 3 aromatic rings. The molecule has 6 heteroatoms. The van der Waals surface area contributed by atoms with Gasteiger partial charge >= 0.3 is 0 Å². The standard InChI is InChI=1S/C16H13ClFN3O/c17-12-3-6-15-20-14(10-21(15)9-12)8-19-16(22)7-11-1-4-13(18)5-2-11/h1-6,9-10H,7-8H2,(H,19,22). The number of nitrogens with zero attached hydrogens (tertiary/aromatic N) is 2. The number of carbonyl (C=O) groups excluding carboxylic acids is 1. The molecular weight excluding hydrogens is 305 g/mol. The molecular formula is C16H13ClFN3O. The van der Waals surface area contributed by atoms with Gasteiger partial charge in [-0.05, 0) is 29.8 Å². The van der Waals surface area contributed by atoms with Crippen molar-refractivity contribution in [3.63, 3.8) is 0 Å². The second kappa shape index (κ2) is 6.15. The highest BCUT2D eigenvalue weighted by molar-refractivity contribution is 6.30. The summed E-state index contributed by atoms with van der Waals surface area (Å²) < 4.78 is 14.6. The maximum Gasteiger partial charge on any atom is 0.224 e. The number of halogens is 2. The van der Waals surface area contributed by atoms with E-state index in [4.69, 9.17) is 11.6 Å². The zero-order valence-corrected chi connectivity index (χ0v) is 12.3. The van der Waals surface area contributed by atoms with Crippen LogP contribution in [0.4, 0.5) is 4.39 Å². The minimum Gasteiger partial charge on any atom is -0.350 e. The summed E-state index contributed by atoms with van der Waals surface area (Å²) in [5.74, 6) is -0.450. The summed E-state index contributed by atoms with van der Waals surface area (Å²) in [4.78, 5) is 16.3. The Hall–Kier alpha value is -2.40. The fourth-order valence-corrected chi connectivity index (χ4v) is 2.31. The molecule has 112 valence electrons. The predicted octanol–water partition coefficient (Wildman–Crippen LogP) is 2.99. The number of nitrogens with one attached hydrogen (secondary N) is 1. The molecule has 0 aliphatic heterocycles. The Labute approximate surface area is 131 Å². The monoisotopic (exact) mass is 317 g/mol. The topological polar surface area (TPSA) is 46.4 Å². The van der Waals surface area contributed by atoms with Crippen LogP contribution in [0.3, 0.4) is 0 Å². The molecule has 0 fully saturated rings. The molecule has 3 rings (SSSR count). The number of rotatable bonds is 4. The van der Waals surface area contributed by atoms with E-state index in [0.29, 0.717) is 11.6 Å². The molecule has 1 amide bonds. The summed E-state index contributed by atoms with van der Waals surface area (Å²) in [6.45, 7) is 0.333. The van der Waals surface area contributed by atoms with Gasteiger partial charge in [0.05, 0.1) is 23.7 Å². The van der Waals surface area contributed by atoms with Crippen molar-refractivity contribution in [2.24, 2.45) is 0 Å². The van der Waals surface area contributed by atoms with Crippen LogP contribution in [0.5, 0.6) is 0 Å². The Bertz CT molecular complexity index is 814. The third kappa shape index (κ3) is 3.43. The summed E-state index contributed by atoms with van der Waals surface area (Å²) in [7, 11) is 0. The third-order valence-electron chi connectivity index (χ3n) is 3.21. The lowest BCUT2D eigenvalue weighted by Crippen LogP contribution is -2.24. The maximum absolute atomic E-state index is 12.8. The van der Waals surface area contributed by atoms with Crippen LogP contribution in [0.15, 0.2) is 48.8 Å². The van der Waals surface area contributed by atoms with Crippen LogP contribution in [0.1, 0.15) is 11.3 Å². The van der Waals surface area contributed by atoms with Gasteiger partial charge in [0.2, 0.25) is 5.91 Å².